The van der Waals surface area contributed by atoms with Gasteiger partial charge in [-0.2, -0.15) is 5.10 Å². The highest BCUT2D eigenvalue weighted by molar-refractivity contribution is 7.14. The number of aromatic nitrogens is 4. The Balaban J connectivity index is 2.12. The van der Waals surface area contributed by atoms with Gasteiger partial charge in [-0.25, -0.2) is 5.10 Å². The molecule has 0 aromatic carbocycles. The van der Waals surface area contributed by atoms with Crippen molar-refractivity contribution in [2.45, 2.75) is 26.4 Å². The first-order valence-corrected chi connectivity index (χ1v) is 6.08. The number of aromatic amines is 1. The number of rotatable bonds is 4. The molecule has 2 aromatic heterocycles. The number of nitrogens with one attached hydrogen (secondary N) is 2. The van der Waals surface area contributed by atoms with Gasteiger partial charge in [0, 0.05) is 18.7 Å². The third kappa shape index (κ3) is 3.18. The lowest BCUT2D eigenvalue weighted by Crippen LogP contribution is -2.21. The molecule has 6 nitrogen and oxygen atoms in total. The molecule has 0 aliphatic carbocycles. The molecule has 2 aromatic rings. The lowest BCUT2D eigenvalue weighted by Gasteiger charge is -2.03. The zero-order valence-electron chi connectivity index (χ0n) is 9.60. The third-order valence-corrected chi connectivity index (χ3v) is 2.97. The van der Waals surface area contributed by atoms with Crippen molar-refractivity contribution in [3.63, 3.8) is 0 Å². The molecule has 0 saturated heterocycles. The summed E-state index contributed by atoms with van der Waals surface area (Å²) in [5.41, 5.74) is 0.415. The second-order valence-electron chi connectivity index (χ2n) is 3.84. The Kier molecular flexibility index (Phi) is 3.60. The van der Waals surface area contributed by atoms with Crippen molar-refractivity contribution in [3.05, 3.63) is 27.5 Å². The Hall–Kier alpha value is -1.60. The average Bonchev–Trinajstić information content (AvgIpc) is 2.76. The molecule has 0 spiro atoms. The zero-order chi connectivity index (χ0) is 12.3. The van der Waals surface area contributed by atoms with Crippen LogP contribution in [0.1, 0.15) is 18.9 Å². The summed E-state index contributed by atoms with van der Waals surface area (Å²) in [6, 6.07) is 3.47. The van der Waals surface area contributed by atoms with E-state index in [0.29, 0.717) is 23.3 Å². The number of nitrogens with zero attached hydrogens (tertiary/aromatic N) is 3. The van der Waals surface area contributed by atoms with Crippen molar-refractivity contribution >= 4 is 11.3 Å². The Labute approximate surface area is 102 Å². The van der Waals surface area contributed by atoms with Crippen LogP contribution in [-0.4, -0.2) is 26.4 Å². The van der Waals surface area contributed by atoms with Gasteiger partial charge in [0.2, 0.25) is 0 Å². The van der Waals surface area contributed by atoms with E-state index in [9.17, 15) is 4.79 Å². The van der Waals surface area contributed by atoms with Crippen LogP contribution in [-0.2, 0) is 6.54 Å². The summed E-state index contributed by atoms with van der Waals surface area (Å²) in [5, 5.41) is 19.3. The van der Waals surface area contributed by atoms with Crippen LogP contribution in [0.15, 0.2) is 16.9 Å². The normalized spacial score (nSPS) is 11.0. The van der Waals surface area contributed by atoms with Gasteiger partial charge in [0.15, 0.2) is 5.01 Å². The molecule has 0 aliphatic heterocycles. The summed E-state index contributed by atoms with van der Waals surface area (Å²) in [7, 11) is 0. The summed E-state index contributed by atoms with van der Waals surface area (Å²) in [6.45, 7) is 4.84. The molecule has 2 rings (SSSR count). The maximum absolute atomic E-state index is 10.9. The predicted molar refractivity (Wildman–Crippen MR) is 65.7 cm³/mol. The van der Waals surface area contributed by atoms with Gasteiger partial charge in [0.1, 0.15) is 10.7 Å². The Bertz CT molecular complexity index is 527. The highest BCUT2D eigenvalue weighted by atomic mass is 32.1. The van der Waals surface area contributed by atoms with Crippen LogP contribution >= 0.6 is 11.3 Å². The van der Waals surface area contributed by atoms with Gasteiger partial charge in [-0.1, -0.05) is 25.2 Å². The molecule has 90 valence electrons. The van der Waals surface area contributed by atoms with E-state index in [1.807, 2.05) is 0 Å². The lowest BCUT2D eigenvalue weighted by molar-refractivity contribution is 0.585. The zero-order valence-corrected chi connectivity index (χ0v) is 10.4. The lowest BCUT2D eigenvalue weighted by atomic mass is 10.4. The van der Waals surface area contributed by atoms with Crippen molar-refractivity contribution in [1.82, 2.24) is 25.7 Å². The molecule has 7 heteroatoms. The standard InChI is InChI=1S/C10H13N5OS/c1-6(2)11-5-9-14-15-10(17-9)7-3-4-8(16)13-12-7/h3-4,6,11H,5H2,1-2H3,(H,13,16). The van der Waals surface area contributed by atoms with Crippen LogP contribution in [0.4, 0.5) is 0 Å². The summed E-state index contributed by atoms with van der Waals surface area (Å²) in [6.07, 6.45) is 0. The molecule has 0 fully saturated rings. The molecule has 2 N–H and O–H groups in total. The van der Waals surface area contributed by atoms with E-state index >= 15 is 0 Å². The number of H-pyrrole nitrogens is 1. The SMILES string of the molecule is CC(C)NCc1nnc(-c2ccc(=O)[nH]n2)s1. The monoisotopic (exact) mass is 251 g/mol. The second-order valence-corrected chi connectivity index (χ2v) is 4.91. The van der Waals surface area contributed by atoms with Crippen LogP contribution in [0.5, 0.6) is 0 Å². The molecule has 17 heavy (non-hydrogen) atoms. The second kappa shape index (κ2) is 5.15. The van der Waals surface area contributed by atoms with Crippen molar-refractivity contribution in [2.24, 2.45) is 0 Å². The minimum absolute atomic E-state index is 0.222. The first-order chi connectivity index (χ1) is 8.15. The summed E-state index contributed by atoms with van der Waals surface area (Å²) in [5.74, 6) is 0. The fourth-order valence-electron chi connectivity index (χ4n) is 1.18. The third-order valence-electron chi connectivity index (χ3n) is 2.03. The minimum Gasteiger partial charge on any atom is -0.308 e. The molecule has 0 radical (unpaired) electrons. The largest absolute Gasteiger partial charge is 0.308 e. The van der Waals surface area contributed by atoms with E-state index < -0.39 is 0 Å². The minimum atomic E-state index is -0.222. The van der Waals surface area contributed by atoms with E-state index in [1.165, 1.54) is 17.4 Å². The highest BCUT2D eigenvalue weighted by Crippen LogP contribution is 2.19. The van der Waals surface area contributed by atoms with Gasteiger partial charge in [0.25, 0.3) is 5.56 Å². The van der Waals surface area contributed by atoms with Gasteiger partial charge in [-0.3, -0.25) is 4.79 Å². The Morgan fingerprint density at radius 3 is 2.88 bits per heavy atom. The van der Waals surface area contributed by atoms with Gasteiger partial charge < -0.3 is 5.32 Å². The van der Waals surface area contributed by atoms with E-state index in [-0.39, 0.29) is 5.56 Å². The number of hydrogen-bond donors (Lipinski definition) is 2. The van der Waals surface area contributed by atoms with Crippen molar-refractivity contribution in [2.75, 3.05) is 0 Å². The fraction of sp³-hybridized carbons (Fsp3) is 0.400. The quantitative estimate of drug-likeness (QED) is 0.839. The average molecular weight is 251 g/mol. The van der Waals surface area contributed by atoms with E-state index in [4.69, 9.17) is 0 Å². The molecular weight excluding hydrogens is 238 g/mol. The molecule has 0 amide bonds. The molecule has 0 saturated carbocycles. The van der Waals surface area contributed by atoms with E-state index in [2.05, 4.69) is 39.6 Å². The van der Waals surface area contributed by atoms with Crippen molar-refractivity contribution in [3.8, 4) is 10.7 Å². The Morgan fingerprint density at radius 2 is 2.24 bits per heavy atom. The summed E-state index contributed by atoms with van der Waals surface area (Å²) in [4.78, 5) is 10.9. The van der Waals surface area contributed by atoms with Gasteiger partial charge in [-0.05, 0) is 6.07 Å². The predicted octanol–water partition coefficient (Wildman–Crippen LogP) is 0.786. The maximum Gasteiger partial charge on any atom is 0.264 e. The topological polar surface area (TPSA) is 83.6 Å². The molecule has 0 unspecified atom stereocenters. The summed E-state index contributed by atoms with van der Waals surface area (Å²) >= 11 is 1.46. The molecule has 0 bridgehead atoms. The fourth-order valence-corrected chi connectivity index (χ4v) is 1.94. The Morgan fingerprint density at radius 1 is 1.41 bits per heavy atom. The highest BCUT2D eigenvalue weighted by Gasteiger charge is 2.08. The first-order valence-electron chi connectivity index (χ1n) is 5.27. The molecule has 0 atom stereocenters. The molecule has 2 heterocycles. The maximum atomic E-state index is 10.9. The van der Waals surface area contributed by atoms with Crippen LogP contribution in [0, 0.1) is 0 Å². The van der Waals surface area contributed by atoms with Crippen LogP contribution in [0.2, 0.25) is 0 Å². The van der Waals surface area contributed by atoms with Gasteiger partial charge in [0.05, 0.1) is 0 Å². The smallest absolute Gasteiger partial charge is 0.264 e. The molecular formula is C10H13N5OS. The van der Waals surface area contributed by atoms with Gasteiger partial charge >= 0.3 is 0 Å². The van der Waals surface area contributed by atoms with Crippen LogP contribution in [0.25, 0.3) is 10.7 Å². The van der Waals surface area contributed by atoms with Crippen LogP contribution < -0.4 is 10.9 Å². The van der Waals surface area contributed by atoms with Crippen molar-refractivity contribution < 1.29 is 0 Å². The van der Waals surface area contributed by atoms with Gasteiger partial charge in [-0.15, -0.1) is 10.2 Å². The summed E-state index contributed by atoms with van der Waals surface area (Å²) < 4.78 is 0. The van der Waals surface area contributed by atoms with Crippen LogP contribution in [0.3, 0.4) is 0 Å². The van der Waals surface area contributed by atoms with E-state index in [0.717, 1.165) is 5.01 Å². The molecule has 0 aliphatic rings. The first kappa shape index (κ1) is 11.9. The van der Waals surface area contributed by atoms with E-state index in [1.54, 1.807) is 6.07 Å². The van der Waals surface area contributed by atoms with Crippen molar-refractivity contribution in [1.29, 1.82) is 0 Å². The number of hydrogen-bond acceptors (Lipinski definition) is 6.